The molecule has 0 N–H and O–H groups in total. The van der Waals surface area contributed by atoms with Crippen molar-refractivity contribution in [3.8, 4) is 0 Å². The number of anilines is 1. The first-order valence-corrected chi connectivity index (χ1v) is 9.79. The molecule has 6 nitrogen and oxygen atoms in total. The van der Waals surface area contributed by atoms with Crippen LogP contribution in [0.4, 0.5) is 5.82 Å². The van der Waals surface area contributed by atoms with Gasteiger partial charge in [-0.2, -0.15) is 0 Å². The van der Waals surface area contributed by atoms with Crippen molar-refractivity contribution in [2.75, 3.05) is 31.1 Å². The van der Waals surface area contributed by atoms with Gasteiger partial charge in [0.15, 0.2) is 0 Å². The number of nitrogens with zero attached hydrogens (tertiary/aromatic N) is 5. The minimum Gasteiger partial charge on any atom is -0.352 e. The Kier molecular flexibility index (Phi) is 4.79. The van der Waals surface area contributed by atoms with Gasteiger partial charge in [0.05, 0.1) is 11.8 Å². The molecule has 1 aliphatic heterocycles. The van der Waals surface area contributed by atoms with Crippen LogP contribution in [0, 0.1) is 0 Å². The van der Waals surface area contributed by atoms with Crippen molar-refractivity contribution in [1.82, 2.24) is 19.9 Å². The molecular weight excluding hydrogens is 346 g/mol. The predicted octanol–water partition coefficient (Wildman–Crippen LogP) is 2.54. The van der Waals surface area contributed by atoms with Gasteiger partial charge in [-0.15, -0.1) is 11.3 Å². The molecule has 1 aliphatic rings. The van der Waals surface area contributed by atoms with E-state index in [1.807, 2.05) is 23.1 Å². The number of thiophene rings is 1. The summed E-state index contributed by atoms with van der Waals surface area (Å²) in [5, 5.41) is 3.18. The zero-order valence-corrected chi connectivity index (χ0v) is 15.6. The van der Waals surface area contributed by atoms with Crippen LogP contribution in [0.5, 0.6) is 0 Å². The topological polar surface area (TPSA) is 62.2 Å². The number of carbonyl (C=O) groups is 1. The summed E-state index contributed by atoms with van der Waals surface area (Å²) in [5.41, 5.74) is 0.822. The molecule has 0 radical (unpaired) electrons. The fourth-order valence-electron chi connectivity index (χ4n) is 3.22. The Morgan fingerprint density at radius 3 is 2.73 bits per heavy atom. The molecule has 1 amide bonds. The number of aromatic nitrogens is 3. The van der Waals surface area contributed by atoms with Gasteiger partial charge in [0, 0.05) is 44.5 Å². The lowest BCUT2D eigenvalue weighted by Gasteiger charge is -2.35. The molecule has 0 unspecified atom stereocenters. The second-order valence-electron chi connectivity index (χ2n) is 6.32. The maximum atomic E-state index is 12.5. The number of piperazine rings is 1. The molecule has 3 aromatic heterocycles. The highest BCUT2D eigenvalue weighted by molar-refractivity contribution is 7.16. The Morgan fingerprint density at radius 1 is 1.15 bits per heavy atom. The van der Waals surface area contributed by atoms with E-state index in [1.165, 1.54) is 0 Å². The second-order valence-corrected chi connectivity index (χ2v) is 7.22. The smallest absolute Gasteiger partial charge is 0.228 e. The van der Waals surface area contributed by atoms with Crippen molar-refractivity contribution in [3.05, 3.63) is 47.4 Å². The number of rotatable bonds is 4. The highest BCUT2D eigenvalue weighted by Crippen LogP contribution is 2.28. The molecule has 7 heteroatoms. The van der Waals surface area contributed by atoms with Gasteiger partial charge in [0.1, 0.15) is 16.5 Å². The molecule has 0 spiro atoms. The van der Waals surface area contributed by atoms with Crippen molar-refractivity contribution in [2.24, 2.45) is 0 Å². The van der Waals surface area contributed by atoms with Crippen molar-refractivity contribution in [1.29, 1.82) is 0 Å². The molecule has 1 saturated heterocycles. The van der Waals surface area contributed by atoms with Gasteiger partial charge in [-0.05, 0) is 23.6 Å². The number of hydrogen-bond donors (Lipinski definition) is 0. The summed E-state index contributed by atoms with van der Waals surface area (Å²) in [6, 6.07) is 7.77. The average Bonchev–Trinajstić information content (AvgIpc) is 3.16. The van der Waals surface area contributed by atoms with E-state index in [9.17, 15) is 4.79 Å². The third-order valence-corrected chi connectivity index (χ3v) is 5.46. The largest absolute Gasteiger partial charge is 0.352 e. The van der Waals surface area contributed by atoms with Crippen LogP contribution in [0.2, 0.25) is 0 Å². The molecule has 0 bridgehead atoms. The Bertz CT molecular complexity index is 903. The number of amides is 1. The monoisotopic (exact) mass is 367 g/mol. The number of carbonyl (C=O) groups excluding carboxylic acids is 1. The summed E-state index contributed by atoms with van der Waals surface area (Å²) in [5.74, 6) is 2.02. The molecule has 0 saturated carbocycles. The Hall–Kier alpha value is -2.54. The minimum atomic E-state index is 0.140. The fraction of sp³-hybridized carbons (Fsp3) is 0.368. The Labute approximate surface area is 156 Å². The first-order valence-electron chi connectivity index (χ1n) is 8.91. The van der Waals surface area contributed by atoms with Crippen LogP contribution in [0.25, 0.3) is 10.2 Å². The zero-order chi connectivity index (χ0) is 17.9. The van der Waals surface area contributed by atoms with Crippen LogP contribution in [-0.4, -0.2) is 51.9 Å². The molecular formula is C19H21N5OS. The molecule has 0 aliphatic carbocycles. The van der Waals surface area contributed by atoms with E-state index < -0.39 is 0 Å². The summed E-state index contributed by atoms with van der Waals surface area (Å²) in [4.78, 5) is 31.4. The van der Waals surface area contributed by atoms with Gasteiger partial charge in [-0.3, -0.25) is 9.78 Å². The molecule has 0 atom stereocenters. The van der Waals surface area contributed by atoms with Crippen molar-refractivity contribution < 1.29 is 4.79 Å². The third kappa shape index (κ3) is 3.39. The first-order chi connectivity index (χ1) is 12.7. The lowest BCUT2D eigenvalue weighted by atomic mass is 10.2. The predicted molar refractivity (Wildman–Crippen MR) is 104 cm³/mol. The first kappa shape index (κ1) is 16.9. The van der Waals surface area contributed by atoms with E-state index in [0.717, 1.165) is 47.1 Å². The van der Waals surface area contributed by atoms with Crippen molar-refractivity contribution in [3.63, 3.8) is 0 Å². The maximum Gasteiger partial charge on any atom is 0.228 e. The van der Waals surface area contributed by atoms with Gasteiger partial charge in [0.2, 0.25) is 5.91 Å². The second kappa shape index (κ2) is 7.37. The molecule has 134 valence electrons. The number of hydrogen-bond acceptors (Lipinski definition) is 6. The average molecular weight is 367 g/mol. The van der Waals surface area contributed by atoms with Crippen molar-refractivity contribution >= 4 is 33.3 Å². The van der Waals surface area contributed by atoms with Crippen LogP contribution in [0.3, 0.4) is 0 Å². The van der Waals surface area contributed by atoms with E-state index in [4.69, 9.17) is 4.98 Å². The number of fused-ring (bicyclic) bond motifs is 1. The molecule has 4 heterocycles. The summed E-state index contributed by atoms with van der Waals surface area (Å²) in [6.07, 6.45) is 2.92. The lowest BCUT2D eigenvalue weighted by Crippen LogP contribution is -2.49. The minimum absolute atomic E-state index is 0.140. The van der Waals surface area contributed by atoms with E-state index >= 15 is 0 Å². The SMILES string of the molecule is CCc1nc(N2CCN(C(=O)Cc3ccccn3)CC2)c2ccsc2n1. The zero-order valence-electron chi connectivity index (χ0n) is 14.8. The number of aryl methyl sites for hydroxylation is 1. The quantitative estimate of drug-likeness (QED) is 0.709. The molecule has 26 heavy (non-hydrogen) atoms. The Morgan fingerprint density at radius 2 is 2.00 bits per heavy atom. The van der Waals surface area contributed by atoms with Gasteiger partial charge >= 0.3 is 0 Å². The standard InChI is InChI=1S/C19H21N5OS/c1-2-16-21-18(15-6-12-26-19(15)22-16)24-10-8-23(9-11-24)17(25)13-14-5-3-4-7-20-14/h3-7,12H,2,8-11,13H2,1H3. The van der Waals surface area contributed by atoms with E-state index in [-0.39, 0.29) is 5.91 Å². The van der Waals surface area contributed by atoms with Gasteiger partial charge in [-0.25, -0.2) is 9.97 Å². The Balaban J connectivity index is 1.45. The normalized spacial score (nSPS) is 14.8. The van der Waals surface area contributed by atoms with Gasteiger partial charge in [0.25, 0.3) is 0 Å². The summed E-state index contributed by atoms with van der Waals surface area (Å²) < 4.78 is 0. The van der Waals surface area contributed by atoms with E-state index in [0.29, 0.717) is 19.5 Å². The van der Waals surface area contributed by atoms with Crippen LogP contribution in [-0.2, 0) is 17.6 Å². The van der Waals surface area contributed by atoms with Crippen molar-refractivity contribution in [2.45, 2.75) is 19.8 Å². The molecule has 3 aromatic rings. The molecule has 1 fully saturated rings. The van der Waals surface area contributed by atoms with Crippen LogP contribution < -0.4 is 4.90 Å². The summed E-state index contributed by atoms with van der Waals surface area (Å²) in [7, 11) is 0. The summed E-state index contributed by atoms with van der Waals surface area (Å²) in [6.45, 7) is 5.08. The van der Waals surface area contributed by atoms with E-state index in [1.54, 1.807) is 17.5 Å². The van der Waals surface area contributed by atoms with E-state index in [2.05, 4.69) is 33.2 Å². The van der Waals surface area contributed by atoms with Gasteiger partial charge in [-0.1, -0.05) is 13.0 Å². The lowest BCUT2D eigenvalue weighted by molar-refractivity contribution is -0.130. The third-order valence-electron chi connectivity index (χ3n) is 4.66. The van der Waals surface area contributed by atoms with Crippen LogP contribution in [0.1, 0.15) is 18.4 Å². The highest BCUT2D eigenvalue weighted by Gasteiger charge is 2.24. The molecule has 0 aromatic carbocycles. The summed E-state index contributed by atoms with van der Waals surface area (Å²) >= 11 is 1.65. The molecule has 4 rings (SSSR count). The van der Waals surface area contributed by atoms with Crippen LogP contribution >= 0.6 is 11.3 Å². The maximum absolute atomic E-state index is 12.5. The fourth-order valence-corrected chi connectivity index (χ4v) is 4.00. The van der Waals surface area contributed by atoms with Gasteiger partial charge < -0.3 is 9.80 Å². The highest BCUT2D eigenvalue weighted by atomic mass is 32.1. The number of pyridine rings is 1. The van der Waals surface area contributed by atoms with Crippen LogP contribution in [0.15, 0.2) is 35.8 Å².